The summed E-state index contributed by atoms with van der Waals surface area (Å²) in [7, 11) is 4.99. The van der Waals surface area contributed by atoms with Crippen LogP contribution < -0.4 is 24.3 Å². The number of carbonyl (C=O) groups is 2. The number of nitrogens with zero attached hydrogens (tertiary/aromatic N) is 3. The molecular formula is C42H48N4O6. The molecule has 1 saturated carbocycles. The lowest BCUT2D eigenvalue weighted by Gasteiger charge is -2.19. The molecular weight excluding hydrogens is 656 g/mol. The highest BCUT2D eigenvalue weighted by atomic mass is 16.5. The van der Waals surface area contributed by atoms with Crippen molar-refractivity contribution in [2.75, 3.05) is 39.8 Å². The lowest BCUT2D eigenvalue weighted by atomic mass is 9.98. The molecule has 2 heterocycles. The standard InChI is InChI=1S/C42H48N4O6/c1-7-28(29-9-10-29)17-26(2)23-44-36-21-40(38(49-5)19-34(36)27(3)47)51-15-8-16-52-41-22-37-35(20-39(41)50-6)42(48)46-25-31(18-33(46)24-45-37)30-11-13-32(43-4)14-12-30/h7,11-14,19-26,29,33,43H,8-10,15-18H2,1-6H3/b28-7+,44-23?. The van der Waals surface area contributed by atoms with Gasteiger partial charge in [0.05, 0.1) is 50.4 Å². The van der Waals surface area contributed by atoms with Gasteiger partial charge in [-0.15, -0.1) is 0 Å². The van der Waals surface area contributed by atoms with E-state index in [1.807, 2.05) is 37.8 Å². The molecule has 0 radical (unpaired) electrons. The molecule has 0 bridgehead atoms. The maximum atomic E-state index is 13.7. The molecule has 3 aliphatic rings. The fraction of sp³-hybridized carbons (Fsp3) is 0.381. The highest BCUT2D eigenvalue weighted by Gasteiger charge is 2.33. The van der Waals surface area contributed by atoms with Crippen molar-refractivity contribution in [2.45, 2.75) is 58.9 Å². The normalized spacial score (nSPS) is 17.3. The number of benzene rings is 3. The van der Waals surface area contributed by atoms with Gasteiger partial charge in [-0.1, -0.05) is 30.7 Å². The number of nitrogens with one attached hydrogen (secondary N) is 1. The maximum absolute atomic E-state index is 13.7. The molecule has 10 heteroatoms. The van der Waals surface area contributed by atoms with Crippen molar-refractivity contribution in [3.63, 3.8) is 0 Å². The monoisotopic (exact) mass is 704 g/mol. The number of fused-ring (bicyclic) bond motifs is 2. The molecule has 2 unspecified atom stereocenters. The summed E-state index contributed by atoms with van der Waals surface area (Å²) in [4.78, 5) is 37.5. The third-order valence-electron chi connectivity index (χ3n) is 9.72. The third-order valence-corrected chi connectivity index (χ3v) is 9.72. The average molecular weight is 705 g/mol. The summed E-state index contributed by atoms with van der Waals surface area (Å²) >= 11 is 0. The van der Waals surface area contributed by atoms with Gasteiger partial charge in [0.1, 0.15) is 0 Å². The Morgan fingerprint density at radius 3 is 2.35 bits per heavy atom. The lowest BCUT2D eigenvalue weighted by Crippen LogP contribution is -2.32. The van der Waals surface area contributed by atoms with Gasteiger partial charge in [0, 0.05) is 61.9 Å². The molecule has 10 nitrogen and oxygen atoms in total. The van der Waals surface area contributed by atoms with E-state index in [-0.39, 0.29) is 23.7 Å². The van der Waals surface area contributed by atoms with Crippen LogP contribution >= 0.6 is 0 Å². The Labute approximate surface area is 306 Å². The van der Waals surface area contributed by atoms with Gasteiger partial charge in [0.25, 0.3) is 5.91 Å². The molecule has 1 fully saturated rings. The van der Waals surface area contributed by atoms with E-state index in [4.69, 9.17) is 28.9 Å². The lowest BCUT2D eigenvalue weighted by molar-refractivity contribution is 0.0817. The SMILES string of the molecule is C/C=C(\CC(C)C=Nc1cc(OCCCOc2cc3c(cc2OC)C(=O)N2C=C(c4ccc(NC)cc4)CC2C=N3)c(OC)cc1C(C)=O)C1CC1. The Bertz CT molecular complexity index is 1930. The minimum absolute atomic E-state index is 0.0943. The predicted molar refractivity (Wildman–Crippen MR) is 207 cm³/mol. The summed E-state index contributed by atoms with van der Waals surface area (Å²) in [6, 6.07) is 14.9. The van der Waals surface area contributed by atoms with Crippen LogP contribution in [0.1, 0.15) is 79.2 Å². The summed E-state index contributed by atoms with van der Waals surface area (Å²) in [5, 5.41) is 3.14. The molecule has 3 aromatic carbocycles. The number of ether oxygens (including phenoxy) is 4. The third kappa shape index (κ3) is 8.22. The van der Waals surface area contributed by atoms with Crippen LogP contribution in [0, 0.1) is 11.8 Å². The average Bonchev–Trinajstić information content (AvgIpc) is 3.94. The van der Waals surface area contributed by atoms with Crippen LogP contribution in [-0.4, -0.2) is 69.5 Å². The zero-order valence-electron chi connectivity index (χ0n) is 30.9. The van der Waals surface area contributed by atoms with Crippen molar-refractivity contribution in [2.24, 2.45) is 21.8 Å². The molecule has 6 rings (SSSR count). The highest BCUT2D eigenvalue weighted by Crippen LogP contribution is 2.41. The van der Waals surface area contributed by atoms with Gasteiger partial charge in [-0.05, 0) is 80.3 Å². The Morgan fingerprint density at radius 1 is 1.02 bits per heavy atom. The second-order valence-corrected chi connectivity index (χ2v) is 13.5. The van der Waals surface area contributed by atoms with Gasteiger partial charge >= 0.3 is 0 Å². The van der Waals surface area contributed by atoms with E-state index in [0.29, 0.717) is 77.5 Å². The molecule has 2 atom stereocenters. The molecule has 0 aromatic heterocycles. The smallest absolute Gasteiger partial charge is 0.260 e. The summed E-state index contributed by atoms with van der Waals surface area (Å²) < 4.78 is 23.5. The molecule has 2 aliphatic heterocycles. The van der Waals surface area contributed by atoms with Crippen molar-refractivity contribution < 1.29 is 28.5 Å². The zero-order chi connectivity index (χ0) is 36.8. The maximum Gasteiger partial charge on any atom is 0.260 e. The van der Waals surface area contributed by atoms with E-state index < -0.39 is 0 Å². The summed E-state index contributed by atoms with van der Waals surface area (Å²) in [5.74, 6) is 2.62. The molecule has 52 heavy (non-hydrogen) atoms. The van der Waals surface area contributed by atoms with Crippen LogP contribution in [-0.2, 0) is 0 Å². The number of Topliss-reactive ketones (excluding diaryl/α,β-unsaturated/α-hetero) is 1. The van der Waals surface area contributed by atoms with Crippen molar-refractivity contribution in [3.8, 4) is 23.0 Å². The first-order chi connectivity index (χ1) is 25.2. The van der Waals surface area contributed by atoms with Crippen LogP contribution in [0.15, 0.2) is 76.4 Å². The minimum atomic E-state index is -0.180. The summed E-state index contributed by atoms with van der Waals surface area (Å²) in [5.41, 5.74) is 6.70. The second-order valence-electron chi connectivity index (χ2n) is 13.5. The largest absolute Gasteiger partial charge is 0.493 e. The molecule has 1 N–H and O–H groups in total. The van der Waals surface area contributed by atoms with Gasteiger partial charge in [-0.25, -0.2) is 0 Å². The van der Waals surface area contributed by atoms with E-state index in [9.17, 15) is 9.59 Å². The van der Waals surface area contributed by atoms with Gasteiger partial charge in [-0.2, -0.15) is 0 Å². The number of ketones is 1. The number of amides is 1. The van der Waals surface area contributed by atoms with Crippen LogP contribution in [0.4, 0.5) is 17.1 Å². The zero-order valence-corrected chi connectivity index (χ0v) is 30.9. The van der Waals surface area contributed by atoms with Crippen molar-refractivity contribution in [1.82, 2.24) is 4.90 Å². The van der Waals surface area contributed by atoms with E-state index >= 15 is 0 Å². The molecule has 3 aromatic rings. The fourth-order valence-corrected chi connectivity index (χ4v) is 6.66. The number of methoxy groups -OCH3 is 2. The van der Waals surface area contributed by atoms with Crippen LogP contribution in [0.3, 0.4) is 0 Å². The van der Waals surface area contributed by atoms with E-state index in [1.165, 1.54) is 25.3 Å². The predicted octanol–water partition coefficient (Wildman–Crippen LogP) is 8.85. The second kappa shape index (κ2) is 16.3. The van der Waals surface area contributed by atoms with Crippen molar-refractivity contribution >= 4 is 46.8 Å². The number of hydrogen-bond donors (Lipinski definition) is 1. The summed E-state index contributed by atoms with van der Waals surface area (Å²) in [6.45, 7) is 6.43. The molecule has 1 aliphatic carbocycles. The fourth-order valence-electron chi connectivity index (χ4n) is 6.66. The number of aliphatic imine (C=N–C) groups is 2. The van der Waals surface area contributed by atoms with Gasteiger partial charge < -0.3 is 29.2 Å². The Hall–Kier alpha value is -5.38. The van der Waals surface area contributed by atoms with E-state index in [2.05, 4.69) is 37.4 Å². The van der Waals surface area contributed by atoms with Crippen molar-refractivity contribution in [1.29, 1.82) is 0 Å². The van der Waals surface area contributed by atoms with Crippen LogP contribution in [0.5, 0.6) is 23.0 Å². The number of rotatable bonds is 16. The first-order valence-electron chi connectivity index (χ1n) is 18.0. The Morgan fingerprint density at radius 2 is 1.71 bits per heavy atom. The number of allylic oxidation sites excluding steroid dienone is 2. The van der Waals surface area contributed by atoms with Gasteiger partial charge in [0.15, 0.2) is 28.8 Å². The molecule has 1 amide bonds. The first-order valence-corrected chi connectivity index (χ1v) is 18.0. The van der Waals surface area contributed by atoms with E-state index in [0.717, 1.165) is 23.2 Å². The van der Waals surface area contributed by atoms with E-state index in [1.54, 1.807) is 43.4 Å². The number of anilines is 1. The number of carbonyl (C=O) groups excluding carboxylic acids is 2. The molecule has 0 spiro atoms. The minimum Gasteiger partial charge on any atom is -0.493 e. The van der Waals surface area contributed by atoms with Gasteiger partial charge in [0.2, 0.25) is 0 Å². The van der Waals surface area contributed by atoms with Crippen molar-refractivity contribution in [3.05, 3.63) is 83.1 Å². The quantitative estimate of drug-likeness (QED) is 0.0687. The van der Waals surface area contributed by atoms with Gasteiger partial charge in [-0.3, -0.25) is 19.6 Å². The Balaban J connectivity index is 1.09. The first kappa shape index (κ1) is 36.4. The topological polar surface area (TPSA) is 111 Å². The molecule has 0 saturated heterocycles. The van der Waals surface area contributed by atoms with Crippen LogP contribution in [0.2, 0.25) is 0 Å². The van der Waals surface area contributed by atoms with Crippen LogP contribution in [0.25, 0.3) is 5.57 Å². The Kier molecular flexibility index (Phi) is 11.4. The molecule has 272 valence electrons. The number of hydrogen-bond acceptors (Lipinski definition) is 9. The highest BCUT2D eigenvalue weighted by molar-refractivity contribution is 6.05. The summed E-state index contributed by atoms with van der Waals surface area (Å²) in [6.07, 6.45) is 12.6.